The van der Waals surface area contributed by atoms with Gasteiger partial charge < -0.3 is 5.73 Å². The lowest BCUT2D eigenvalue weighted by Crippen LogP contribution is -2.42. The first-order valence-corrected chi connectivity index (χ1v) is 10.1. The van der Waals surface area contributed by atoms with Crippen LogP contribution in [0.2, 0.25) is 0 Å². The predicted octanol–water partition coefficient (Wildman–Crippen LogP) is 4.46. The number of allylic oxidation sites excluding steroid dienone is 3. The number of nitrogens with two attached hydrogens (primary N) is 1. The van der Waals surface area contributed by atoms with Gasteiger partial charge in [-0.3, -0.25) is 9.69 Å². The van der Waals surface area contributed by atoms with Crippen molar-refractivity contribution in [1.29, 1.82) is 5.26 Å². The van der Waals surface area contributed by atoms with E-state index in [2.05, 4.69) is 11.1 Å². The van der Waals surface area contributed by atoms with Gasteiger partial charge in [-0.25, -0.2) is 4.98 Å². The molecule has 2 aromatic rings. The summed E-state index contributed by atoms with van der Waals surface area (Å²) in [6.07, 6.45) is -0.227. The van der Waals surface area contributed by atoms with Crippen LogP contribution in [0.4, 0.5) is 18.9 Å². The highest BCUT2D eigenvalue weighted by Crippen LogP contribution is 2.50. The summed E-state index contributed by atoms with van der Waals surface area (Å²) in [6, 6.07) is 10.3. The summed E-state index contributed by atoms with van der Waals surface area (Å²) in [7, 11) is 0. The molecule has 2 aliphatic rings. The molecule has 0 spiro atoms. The van der Waals surface area contributed by atoms with Crippen LogP contribution in [0.3, 0.4) is 0 Å². The molecule has 2 heterocycles. The third-order valence-corrected chi connectivity index (χ3v) is 5.90. The molecule has 1 aromatic carbocycles. The fourth-order valence-corrected chi connectivity index (χ4v) is 4.52. The Morgan fingerprint density at radius 3 is 2.44 bits per heavy atom. The molecule has 1 aliphatic heterocycles. The van der Waals surface area contributed by atoms with Gasteiger partial charge in [0.25, 0.3) is 0 Å². The van der Waals surface area contributed by atoms with Gasteiger partial charge >= 0.3 is 6.18 Å². The van der Waals surface area contributed by atoms with Crippen LogP contribution in [0.5, 0.6) is 0 Å². The number of benzene rings is 1. The van der Waals surface area contributed by atoms with Gasteiger partial charge in [-0.1, -0.05) is 26.0 Å². The summed E-state index contributed by atoms with van der Waals surface area (Å²) >= 11 is 0. The number of Topliss-reactive ketones (excluding diaryl/α,β-unsaturated/α-hetero) is 1. The quantitative estimate of drug-likeness (QED) is 0.749. The van der Waals surface area contributed by atoms with Crippen molar-refractivity contribution in [2.45, 2.75) is 38.8 Å². The summed E-state index contributed by atoms with van der Waals surface area (Å²) in [5.74, 6) is -0.780. The lowest BCUT2D eigenvalue weighted by atomic mass is 9.68. The zero-order valence-corrected chi connectivity index (χ0v) is 17.6. The van der Waals surface area contributed by atoms with Crippen LogP contribution >= 0.6 is 0 Å². The Kier molecular flexibility index (Phi) is 5.08. The molecule has 4 rings (SSSR count). The van der Waals surface area contributed by atoms with E-state index in [9.17, 15) is 23.2 Å². The Balaban J connectivity index is 1.94. The van der Waals surface area contributed by atoms with Crippen LogP contribution in [-0.4, -0.2) is 5.78 Å². The van der Waals surface area contributed by atoms with E-state index in [1.54, 1.807) is 23.4 Å². The van der Waals surface area contributed by atoms with Crippen LogP contribution < -0.4 is 15.6 Å². The number of hydrogen-bond acceptors (Lipinski definition) is 4. The second kappa shape index (κ2) is 7.52. The Bertz CT molecular complexity index is 1170. The highest BCUT2D eigenvalue weighted by Gasteiger charge is 2.45. The van der Waals surface area contributed by atoms with E-state index in [-0.39, 0.29) is 29.0 Å². The van der Waals surface area contributed by atoms with Gasteiger partial charge in [-0.2, -0.15) is 18.4 Å². The van der Waals surface area contributed by atoms with E-state index in [1.165, 1.54) is 12.1 Å². The Morgan fingerprint density at radius 2 is 1.88 bits per heavy atom. The largest absolute Gasteiger partial charge is 0.416 e. The molecule has 32 heavy (non-hydrogen) atoms. The van der Waals surface area contributed by atoms with E-state index < -0.39 is 17.7 Å². The molecule has 1 aromatic heterocycles. The Labute approximate surface area is 183 Å². The number of aromatic amines is 1. The number of aromatic nitrogens is 1. The normalized spacial score (nSPS) is 20.8. The van der Waals surface area contributed by atoms with Gasteiger partial charge in [0.1, 0.15) is 11.5 Å². The number of pyridine rings is 1. The second-order valence-electron chi connectivity index (χ2n) is 8.86. The summed E-state index contributed by atoms with van der Waals surface area (Å²) < 4.78 is 39.2. The smallest absolute Gasteiger partial charge is 0.384 e. The van der Waals surface area contributed by atoms with Crippen molar-refractivity contribution in [2.75, 3.05) is 4.90 Å². The highest BCUT2D eigenvalue weighted by molar-refractivity contribution is 6.01. The van der Waals surface area contributed by atoms with E-state index in [4.69, 9.17) is 5.73 Å². The number of carbonyl (C=O) groups is 1. The maximum atomic E-state index is 13.4. The zero-order valence-electron chi connectivity index (χ0n) is 17.6. The summed E-state index contributed by atoms with van der Waals surface area (Å²) in [5.41, 5.74) is 7.68. The third kappa shape index (κ3) is 3.64. The summed E-state index contributed by atoms with van der Waals surface area (Å²) in [4.78, 5) is 18.1. The van der Waals surface area contributed by atoms with E-state index in [0.717, 1.165) is 12.1 Å². The molecule has 8 heteroatoms. The average Bonchev–Trinajstić information content (AvgIpc) is 2.72. The molecule has 1 aliphatic carbocycles. The van der Waals surface area contributed by atoms with Gasteiger partial charge in [0, 0.05) is 23.8 Å². The average molecular weight is 439 g/mol. The number of nitriles is 1. The molecule has 0 fully saturated rings. The van der Waals surface area contributed by atoms with Gasteiger partial charge in [-0.05, 0) is 35.6 Å². The van der Waals surface area contributed by atoms with E-state index >= 15 is 0 Å². The number of H-pyrrole nitrogens is 1. The molecule has 0 amide bonds. The number of nitrogens with one attached hydrogen (secondary N) is 1. The first-order valence-electron chi connectivity index (χ1n) is 10.1. The third-order valence-electron chi connectivity index (χ3n) is 5.90. The minimum Gasteiger partial charge on any atom is -0.384 e. The molecule has 5 nitrogen and oxygen atoms in total. The van der Waals surface area contributed by atoms with Crippen LogP contribution in [0.1, 0.15) is 43.7 Å². The molecule has 0 saturated carbocycles. The molecule has 164 valence electrons. The van der Waals surface area contributed by atoms with Crippen LogP contribution in [0, 0.1) is 16.7 Å². The monoisotopic (exact) mass is 439 g/mol. The minimum absolute atomic E-state index is 0.133. The second-order valence-corrected chi connectivity index (χ2v) is 8.86. The van der Waals surface area contributed by atoms with Crippen molar-refractivity contribution in [3.63, 3.8) is 0 Å². The van der Waals surface area contributed by atoms with Crippen molar-refractivity contribution in [3.05, 3.63) is 82.6 Å². The SMILES string of the molecule is CC1(C)CC(=O)C2=C(C1)N(c1ccc[nH+]c1)C(N)=C(C#N)C2c1ccc(C(F)(F)F)cc1. The molecular formula is C24H22F3N4O+. The molecule has 0 saturated heterocycles. The van der Waals surface area contributed by atoms with Crippen molar-refractivity contribution >= 4 is 11.5 Å². The van der Waals surface area contributed by atoms with Gasteiger partial charge in [0.15, 0.2) is 18.2 Å². The highest BCUT2D eigenvalue weighted by atomic mass is 19.4. The van der Waals surface area contributed by atoms with Crippen molar-refractivity contribution in [2.24, 2.45) is 11.1 Å². The number of rotatable bonds is 2. The first-order chi connectivity index (χ1) is 15.0. The lowest BCUT2D eigenvalue weighted by molar-refractivity contribution is -0.377. The van der Waals surface area contributed by atoms with Crippen molar-refractivity contribution < 1.29 is 22.9 Å². The number of ketones is 1. The number of nitrogens with zero attached hydrogens (tertiary/aromatic N) is 2. The number of carbonyl (C=O) groups excluding carboxylic acids is 1. The number of halogens is 3. The maximum Gasteiger partial charge on any atom is 0.416 e. The number of anilines is 1. The fraction of sp³-hybridized carbons (Fsp3) is 0.292. The molecular weight excluding hydrogens is 417 g/mol. The maximum absolute atomic E-state index is 13.4. The van der Waals surface area contributed by atoms with Crippen LogP contribution in [-0.2, 0) is 11.0 Å². The summed E-state index contributed by atoms with van der Waals surface area (Å²) in [6.45, 7) is 3.97. The first kappa shape index (κ1) is 21.6. The van der Waals surface area contributed by atoms with E-state index in [0.29, 0.717) is 28.9 Å². The van der Waals surface area contributed by atoms with Gasteiger partial charge in [-0.15, -0.1) is 0 Å². The Hall–Kier alpha value is -3.60. The lowest BCUT2D eigenvalue weighted by Gasteiger charge is -2.43. The van der Waals surface area contributed by atoms with Crippen molar-refractivity contribution in [1.82, 2.24) is 0 Å². The fourth-order valence-electron chi connectivity index (χ4n) is 4.52. The molecule has 0 radical (unpaired) electrons. The zero-order chi connectivity index (χ0) is 23.3. The Morgan fingerprint density at radius 1 is 1.19 bits per heavy atom. The molecule has 1 unspecified atom stereocenters. The minimum atomic E-state index is -4.48. The summed E-state index contributed by atoms with van der Waals surface area (Å²) in [5, 5.41) is 9.98. The topological polar surface area (TPSA) is 84.3 Å². The molecule has 1 atom stereocenters. The van der Waals surface area contributed by atoms with Gasteiger partial charge in [0.2, 0.25) is 0 Å². The standard InChI is InChI=1S/C24H21F3N4O/c1-23(2)10-18-21(19(32)11-23)20(14-5-7-15(8-6-14)24(25,26)27)17(12-28)22(29)31(18)16-4-3-9-30-13-16/h3-9,13,20H,10-11,29H2,1-2H3/p+1. The van der Waals surface area contributed by atoms with Gasteiger partial charge in [0.05, 0.1) is 23.1 Å². The molecule has 0 bridgehead atoms. The predicted molar refractivity (Wildman–Crippen MR) is 112 cm³/mol. The number of hydrogen-bond donors (Lipinski definition) is 1. The van der Waals surface area contributed by atoms with E-state index in [1.807, 2.05) is 19.9 Å². The van der Waals surface area contributed by atoms with Crippen LogP contribution in [0.15, 0.2) is 71.5 Å². The van der Waals surface area contributed by atoms with Crippen molar-refractivity contribution in [3.8, 4) is 6.07 Å². The molecule has 3 N–H and O–H groups in total. The number of alkyl halides is 3. The van der Waals surface area contributed by atoms with Crippen LogP contribution in [0.25, 0.3) is 0 Å².